The normalized spacial score (nSPS) is 10.9. The molecule has 0 aliphatic carbocycles. The van der Waals surface area contributed by atoms with Gasteiger partial charge in [-0.2, -0.15) is 0 Å². The predicted octanol–water partition coefficient (Wildman–Crippen LogP) is 3.88. The number of thiazole rings is 1. The van der Waals surface area contributed by atoms with Gasteiger partial charge in [0.05, 0.1) is 10.5 Å². The number of aryl methyl sites for hydroxylation is 1. The molecule has 3 aromatic rings. The van der Waals surface area contributed by atoms with E-state index >= 15 is 0 Å². The summed E-state index contributed by atoms with van der Waals surface area (Å²) < 4.78 is 0. The van der Waals surface area contributed by atoms with E-state index in [4.69, 9.17) is 0 Å². The predicted molar refractivity (Wildman–Crippen MR) is 84.2 cm³/mol. The molecule has 0 amide bonds. The van der Waals surface area contributed by atoms with Crippen molar-refractivity contribution in [2.45, 2.75) is 20.3 Å². The number of aromatic nitrogens is 3. The van der Waals surface area contributed by atoms with Crippen molar-refractivity contribution in [1.29, 1.82) is 0 Å². The number of hydrogen-bond donors (Lipinski definition) is 1. The maximum absolute atomic E-state index is 4.64. The van der Waals surface area contributed by atoms with Crippen LogP contribution in [0.4, 0.5) is 5.82 Å². The van der Waals surface area contributed by atoms with E-state index in [0.29, 0.717) is 5.82 Å². The molecule has 0 bridgehead atoms. The van der Waals surface area contributed by atoms with Gasteiger partial charge in [-0.05, 0) is 25.5 Å². The Morgan fingerprint density at radius 2 is 2.00 bits per heavy atom. The average Bonchev–Trinajstić information content (AvgIpc) is 2.91. The molecule has 0 atom stereocenters. The van der Waals surface area contributed by atoms with Crippen LogP contribution in [0.25, 0.3) is 22.4 Å². The SMILES string of the molecule is CCCNc1nc(-c2csc(C)n2)nc2ccccc12. The molecule has 0 saturated carbocycles. The Morgan fingerprint density at radius 1 is 1.15 bits per heavy atom. The van der Waals surface area contributed by atoms with E-state index in [1.54, 1.807) is 11.3 Å². The number of hydrogen-bond acceptors (Lipinski definition) is 5. The Morgan fingerprint density at radius 3 is 2.75 bits per heavy atom. The van der Waals surface area contributed by atoms with Crippen LogP contribution in [0.3, 0.4) is 0 Å². The van der Waals surface area contributed by atoms with Gasteiger partial charge in [0, 0.05) is 17.3 Å². The van der Waals surface area contributed by atoms with Gasteiger partial charge < -0.3 is 5.32 Å². The molecule has 4 nitrogen and oxygen atoms in total. The van der Waals surface area contributed by atoms with Crippen LogP contribution in [0.5, 0.6) is 0 Å². The molecule has 5 heteroatoms. The van der Waals surface area contributed by atoms with Crippen molar-refractivity contribution >= 4 is 28.1 Å². The summed E-state index contributed by atoms with van der Waals surface area (Å²) in [5.41, 5.74) is 1.79. The fourth-order valence-corrected chi connectivity index (χ4v) is 2.63. The molecule has 0 spiro atoms. The van der Waals surface area contributed by atoms with Gasteiger partial charge in [0.1, 0.15) is 11.5 Å². The monoisotopic (exact) mass is 284 g/mol. The lowest BCUT2D eigenvalue weighted by molar-refractivity contribution is 0.970. The van der Waals surface area contributed by atoms with Gasteiger partial charge >= 0.3 is 0 Å². The van der Waals surface area contributed by atoms with E-state index in [0.717, 1.165) is 40.4 Å². The molecule has 0 saturated heterocycles. The maximum atomic E-state index is 4.64. The fourth-order valence-electron chi connectivity index (χ4n) is 2.04. The van der Waals surface area contributed by atoms with Gasteiger partial charge in [0.2, 0.25) is 0 Å². The van der Waals surface area contributed by atoms with Gasteiger partial charge in [-0.1, -0.05) is 19.1 Å². The number of anilines is 1. The molecule has 20 heavy (non-hydrogen) atoms. The molecule has 2 heterocycles. The number of nitrogens with one attached hydrogen (secondary N) is 1. The molecule has 2 aromatic heterocycles. The second kappa shape index (κ2) is 5.54. The van der Waals surface area contributed by atoms with Crippen LogP contribution in [-0.4, -0.2) is 21.5 Å². The molecule has 0 unspecified atom stereocenters. The Bertz CT molecular complexity index is 736. The van der Waals surface area contributed by atoms with Gasteiger partial charge in [0.15, 0.2) is 5.82 Å². The third-order valence-corrected chi connectivity index (χ3v) is 3.77. The lowest BCUT2D eigenvalue weighted by Gasteiger charge is -2.09. The lowest BCUT2D eigenvalue weighted by Crippen LogP contribution is -2.04. The van der Waals surface area contributed by atoms with Crippen LogP contribution < -0.4 is 5.32 Å². The van der Waals surface area contributed by atoms with Crippen molar-refractivity contribution in [3.05, 3.63) is 34.7 Å². The smallest absolute Gasteiger partial charge is 0.181 e. The molecule has 3 rings (SSSR count). The zero-order chi connectivity index (χ0) is 13.9. The van der Waals surface area contributed by atoms with Crippen molar-refractivity contribution in [2.24, 2.45) is 0 Å². The van der Waals surface area contributed by atoms with Crippen LogP contribution in [0.1, 0.15) is 18.4 Å². The third-order valence-electron chi connectivity index (χ3n) is 2.99. The highest BCUT2D eigenvalue weighted by molar-refractivity contribution is 7.09. The second-order valence-electron chi connectivity index (χ2n) is 4.59. The molecule has 102 valence electrons. The van der Waals surface area contributed by atoms with Crippen LogP contribution in [-0.2, 0) is 0 Å². The molecule has 0 fully saturated rings. The minimum atomic E-state index is 0.687. The maximum Gasteiger partial charge on any atom is 0.181 e. The molecule has 0 aliphatic rings. The van der Waals surface area contributed by atoms with Crippen molar-refractivity contribution in [2.75, 3.05) is 11.9 Å². The quantitative estimate of drug-likeness (QED) is 0.790. The van der Waals surface area contributed by atoms with Crippen LogP contribution in [0, 0.1) is 6.92 Å². The topological polar surface area (TPSA) is 50.7 Å². The third kappa shape index (κ3) is 2.49. The van der Waals surface area contributed by atoms with Gasteiger partial charge in [-0.25, -0.2) is 15.0 Å². The minimum Gasteiger partial charge on any atom is -0.369 e. The second-order valence-corrected chi connectivity index (χ2v) is 5.65. The average molecular weight is 284 g/mol. The molecule has 1 N–H and O–H groups in total. The highest BCUT2D eigenvalue weighted by Gasteiger charge is 2.10. The number of fused-ring (bicyclic) bond motifs is 1. The summed E-state index contributed by atoms with van der Waals surface area (Å²) in [4.78, 5) is 13.7. The molecular weight excluding hydrogens is 268 g/mol. The number of rotatable bonds is 4. The lowest BCUT2D eigenvalue weighted by atomic mass is 10.2. The van der Waals surface area contributed by atoms with Crippen molar-refractivity contribution in [3.63, 3.8) is 0 Å². The van der Waals surface area contributed by atoms with Crippen LogP contribution in [0.15, 0.2) is 29.6 Å². The van der Waals surface area contributed by atoms with E-state index in [1.807, 2.05) is 36.6 Å². The van der Waals surface area contributed by atoms with Gasteiger partial charge in [0.25, 0.3) is 0 Å². The summed E-state index contributed by atoms with van der Waals surface area (Å²) in [6, 6.07) is 8.06. The first-order valence-electron chi connectivity index (χ1n) is 6.71. The molecule has 0 radical (unpaired) electrons. The molecule has 1 aromatic carbocycles. The van der Waals surface area contributed by atoms with Crippen molar-refractivity contribution < 1.29 is 0 Å². The summed E-state index contributed by atoms with van der Waals surface area (Å²) >= 11 is 1.62. The number of nitrogens with zero attached hydrogens (tertiary/aromatic N) is 3. The van der Waals surface area contributed by atoms with E-state index in [9.17, 15) is 0 Å². The minimum absolute atomic E-state index is 0.687. The number of benzene rings is 1. The van der Waals surface area contributed by atoms with E-state index < -0.39 is 0 Å². The molecular formula is C15H16N4S. The highest BCUT2D eigenvalue weighted by atomic mass is 32.1. The Balaban J connectivity index is 2.14. The first-order chi connectivity index (χ1) is 9.78. The first kappa shape index (κ1) is 13.0. The zero-order valence-electron chi connectivity index (χ0n) is 11.6. The summed E-state index contributed by atoms with van der Waals surface area (Å²) in [7, 11) is 0. The van der Waals surface area contributed by atoms with E-state index in [2.05, 4.69) is 27.2 Å². The summed E-state index contributed by atoms with van der Waals surface area (Å²) in [5, 5.41) is 7.46. The Kier molecular flexibility index (Phi) is 3.60. The summed E-state index contributed by atoms with van der Waals surface area (Å²) in [6.07, 6.45) is 1.06. The fraction of sp³-hybridized carbons (Fsp3) is 0.267. The standard InChI is InChI=1S/C15H16N4S/c1-3-8-16-14-11-6-4-5-7-12(11)18-15(19-14)13-9-20-10(2)17-13/h4-7,9H,3,8H2,1-2H3,(H,16,18,19). The largest absolute Gasteiger partial charge is 0.369 e. The van der Waals surface area contributed by atoms with Crippen molar-refractivity contribution in [3.8, 4) is 11.5 Å². The highest BCUT2D eigenvalue weighted by Crippen LogP contribution is 2.25. The Hall–Kier alpha value is -2.01. The summed E-state index contributed by atoms with van der Waals surface area (Å²) in [6.45, 7) is 5.03. The zero-order valence-corrected chi connectivity index (χ0v) is 12.4. The van der Waals surface area contributed by atoms with Gasteiger partial charge in [-0.15, -0.1) is 11.3 Å². The first-order valence-corrected chi connectivity index (χ1v) is 7.59. The van der Waals surface area contributed by atoms with Gasteiger partial charge in [-0.3, -0.25) is 0 Å². The summed E-state index contributed by atoms with van der Waals surface area (Å²) in [5.74, 6) is 1.57. The van der Waals surface area contributed by atoms with Crippen LogP contribution in [0.2, 0.25) is 0 Å². The Labute approximate surface area is 121 Å². The van der Waals surface area contributed by atoms with E-state index in [-0.39, 0.29) is 0 Å². The van der Waals surface area contributed by atoms with Crippen LogP contribution >= 0.6 is 11.3 Å². The number of para-hydroxylation sites is 1. The molecule has 0 aliphatic heterocycles. The van der Waals surface area contributed by atoms with E-state index in [1.165, 1.54) is 0 Å². The van der Waals surface area contributed by atoms with Crippen molar-refractivity contribution in [1.82, 2.24) is 15.0 Å².